The van der Waals surface area contributed by atoms with Gasteiger partial charge in [-0.25, -0.2) is 0 Å². The van der Waals surface area contributed by atoms with Gasteiger partial charge >= 0.3 is 0 Å². The maximum atomic E-state index is 5.79. The summed E-state index contributed by atoms with van der Waals surface area (Å²) in [4.78, 5) is 3.85. The number of aromatic nitrogens is 4. The highest BCUT2D eigenvalue weighted by molar-refractivity contribution is 6.18. The van der Waals surface area contributed by atoms with Crippen molar-refractivity contribution in [3.63, 3.8) is 0 Å². The molecule has 1 aliphatic carbocycles. The standard InChI is InChI=1S/C9H16ClN5/c1-14-12-9(11-13-14)7-15(6-5-10)8-3-2-4-8/h8H,2-7H2,1H3. The zero-order valence-electron chi connectivity index (χ0n) is 8.93. The summed E-state index contributed by atoms with van der Waals surface area (Å²) in [6, 6.07) is 0.674. The molecule has 0 amide bonds. The average molecular weight is 230 g/mol. The highest BCUT2D eigenvalue weighted by atomic mass is 35.5. The third kappa shape index (κ3) is 2.66. The van der Waals surface area contributed by atoms with Gasteiger partial charge in [-0.05, 0) is 18.1 Å². The predicted molar refractivity (Wildman–Crippen MR) is 57.6 cm³/mol. The molecule has 0 aliphatic heterocycles. The van der Waals surface area contributed by atoms with Crippen molar-refractivity contribution in [1.29, 1.82) is 0 Å². The molecule has 0 aromatic carbocycles. The van der Waals surface area contributed by atoms with Crippen LogP contribution in [0, 0.1) is 0 Å². The summed E-state index contributed by atoms with van der Waals surface area (Å²) in [5.41, 5.74) is 0. The number of aryl methyl sites for hydroxylation is 1. The summed E-state index contributed by atoms with van der Waals surface area (Å²) >= 11 is 5.79. The molecule has 0 bridgehead atoms. The highest BCUT2D eigenvalue weighted by Crippen LogP contribution is 2.25. The van der Waals surface area contributed by atoms with E-state index in [0.717, 1.165) is 18.9 Å². The second kappa shape index (κ2) is 4.90. The molecule has 0 unspecified atom stereocenters. The Morgan fingerprint density at radius 3 is 2.80 bits per heavy atom. The summed E-state index contributed by atoms with van der Waals surface area (Å²) in [5.74, 6) is 1.45. The Balaban J connectivity index is 1.93. The molecular weight excluding hydrogens is 214 g/mol. The Hall–Kier alpha value is -0.680. The fourth-order valence-electron chi connectivity index (χ4n) is 1.82. The number of nitrogens with zero attached hydrogens (tertiary/aromatic N) is 5. The molecule has 2 rings (SSSR count). The Kier molecular flexibility index (Phi) is 3.53. The second-order valence-electron chi connectivity index (χ2n) is 3.94. The number of rotatable bonds is 5. The monoisotopic (exact) mass is 229 g/mol. The van der Waals surface area contributed by atoms with E-state index < -0.39 is 0 Å². The van der Waals surface area contributed by atoms with E-state index in [9.17, 15) is 0 Å². The number of hydrogen-bond donors (Lipinski definition) is 0. The van der Waals surface area contributed by atoms with Crippen LogP contribution in [0.1, 0.15) is 25.1 Å². The van der Waals surface area contributed by atoms with Gasteiger partial charge in [-0.1, -0.05) is 6.42 Å². The molecular formula is C9H16ClN5. The minimum atomic E-state index is 0.663. The summed E-state index contributed by atoms with van der Waals surface area (Å²) in [7, 11) is 1.78. The van der Waals surface area contributed by atoms with Gasteiger partial charge in [-0.2, -0.15) is 4.80 Å². The maximum absolute atomic E-state index is 5.79. The third-order valence-electron chi connectivity index (χ3n) is 2.86. The second-order valence-corrected chi connectivity index (χ2v) is 4.32. The van der Waals surface area contributed by atoms with Gasteiger partial charge in [-0.15, -0.1) is 21.8 Å². The molecule has 0 atom stereocenters. The summed E-state index contributed by atoms with van der Waals surface area (Å²) in [6.07, 6.45) is 3.88. The van der Waals surface area contributed by atoms with Crippen molar-refractivity contribution in [3.8, 4) is 0 Å². The van der Waals surface area contributed by atoms with Crippen LogP contribution in [0.3, 0.4) is 0 Å². The van der Waals surface area contributed by atoms with E-state index in [4.69, 9.17) is 11.6 Å². The van der Waals surface area contributed by atoms with Gasteiger partial charge in [0.2, 0.25) is 0 Å². The molecule has 84 valence electrons. The largest absolute Gasteiger partial charge is 0.292 e. The lowest BCUT2D eigenvalue weighted by molar-refractivity contribution is 0.124. The lowest BCUT2D eigenvalue weighted by atomic mass is 9.91. The van der Waals surface area contributed by atoms with E-state index in [1.54, 1.807) is 7.05 Å². The van der Waals surface area contributed by atoms with E-state index >= 15 is 0 Å². The van der Waals surface area contributed by atoms with Crippen molar-refractivity contribution in [1.82, 2.24) is 25.1 Å². The molecule has 6 heteroatoms. The van der Waals surface area contributed by atoms with Crippen LogP contribution in [0.25, 0.3) is 0 Å². The molecule has 1 heterocycles. The van der Waals surface area contributed by atoms with Gasteiger partial charge < -0.3 is 0 Å². The van der Waals surface area contributed by atoms with Crippen LogP contribution in [0.5, 0.6) is 0 Å². The average Bonchev–Trinajstić information content (AvgIpc) is 2.48. The fraction of sp³-hybridized carbons (Fsp3) is 0.889. The lowest BCUT2D eigenvalue weighted by Gasteiger charge is -2.36. The van der Waals surface area contributed by atoms with Gasteiger partial charge in [-0.3, -0.25) is 4.90 Å². The van der Waals surface area contributed by atoms with E-state index in [1.165, 1.54) is 24.1 Å². The van der Waals surface area contributed by atoms with Crippen molar-refractivity contribution in [3.05, 3.63) is 5.82 Å². The molecule has 0 spiro atoms. The quantitative estimate of drug-likeness (QED) is 0.701. The van der Waals surface area contributed by atoms with Gasteiger partial charge in [0, 0.05) is 18.5 Å². The number of hydrogen-bond acceptors (Lipinski definition) is 4. The number of tetrazole rings is 1. The number of alkyl halides is 1. The normalized spacial score (nSPS) is 17.0. The molecule has 0 radical (unpaired) electrons. The minimum absolute atomic E-state index is 0.663. The molecule has 0 saturated heterocycles. The van der Waals surface area contributed by atoms with Crippen LogP contribution >= 0.6 is 11.6 Å². The zero-order valence-corrected chi connectivity index (χ0v) is 9.69. The van der Waals surface area contributed by atoms with Crippen LogP contribution in [0.4, 0.5) is 0 Å². The Morgan fingerprint density at radius 2 is 2.33 bits per heavy atom. The molecule has 1 fully saturated rings. The molecule has 5 nitrogen and oxygen atoms in total. The van der Waals surface area contributed by atoms with Crippen molar-refractivity contribution in [2.45, 2.75) is 31.8 Å². The van der Waals surface area contributed by atoms with E-state index in [2.05, 4.69) is 20.3 Å². The first-order valence-corrected chi connectivity index (χ1v) is 5.86. The molecule has 1 saturated carbocycles. The van der Waals surface area contributed by atoms with Crippen LogP contribution < -0.4 is 0 Å². The lowest BCUT2D eigenvalue weighted by Crippen LogP contribution is -2.41. The topological polar surface area (TPSA) is 46.8 Å². The summed E-state index contributed by atoms with van der Waals surface area (Å²) < 4.78 is 0. The molecule has 1 aliphatic rings. The highest BCUT2D eigenvalue weighted by Gasteiger charge is 2.25. The molecule has 1 aromatic heterocycles. The number of halogens is 1. The van der Waals surface area contributed by atoms with Crippen molar-refractivity contribution in [2.75, 3.05) is 12.4 Å². The predicted octanol–water partition coefficient (Wildman–Crippen LogP) is 0.803. The minimum Gasteiger partial charge on any atom is -0.292 e. The fourth-order valence-corrected chi connectivity index (χ4v) is 2.04. The van der Waals surface area contributed by atoms with E-state index in [-0.39, 0.29) is 0 Å². The van der Waals surface area contributed by atoms with Crippen molar-refractivity contribution in [2.24, 2.45) is 7.05 Å². The van der Waals surface area contributed by atoms with Crippen LogP contribution in [-0.4, -0.2) is 43.6 Å². The zero-order chi connectivity index (χ0) is 10.7. The Morgan fingerprint density at radius 1 is 1.53 bits per heavy atom. The van der Waals surface area contributed by atoms with Crippen molar-refractivity contribution >= 4 is 11.6 Å². The first-order chi connectivity index (χ1) is 7.29. The SMILES string of the molecule is Cn1nnc(CN(CCCl)C2CCC2)n1. The van der Waals surface area contributed by atoms with Crippen molar-refractivity contribution < 1.29 is 0 Å². The molecule has 0 N–H and O–H groups in total. The Bertz CT molecular complexity index is 309. The molecule has 1 aromatic rings. The molecule has 15 heavy (non-hydrogen) atoms. The van der Waals surface area contributed by atoms with E-state index in [0.29, 0.717) is 11.9 Å². The van der Waals surface area contributed by atoms with Crippen LogP contribution in [-0.2, 0) is 13.6 Å². The van der Waals surface area contributed by atoms with Crippen LogP contribution in [0.15, 0.2) is 0 Å². The third-order valence-corrected chi connectivity index (χ3v) is 3.03. The summed E-state index contributed by atoms with van der Waals surface area (Å²) in [6.45, 7) is 1.68. The first-order valence-electron chi connectivity index (χ1n) is 5.32. The first kappa shape index (κ1) is 10.8. The smallest absolute Gasteiger partial charge is 0.188 e. The van der Waals surface area contributed by atoms with Crippen LogP contribution in [0.2, 0.25) is 0 Å². The van der Waals surface area contributed by atoms with Gasteiger partial charge in [0.05, 0.1) is 13.6 Å². The van der Waals surface area contributed by atoms with Gasteiger partial charge in [0.1, 0.15) is 0 Å². The van der Waals surface area contributed by atoms with Gasteiger partial charge in [0.15, 0.2) is 5.82 Å². The summed E-state index contributed by atoms with van der Waals surface area (Å²) in [5, 5.41) is 12.0. The Labute approximate surface area is 94.4 Å². The maximum Gasteiger partial charge on any atom is 0.188 e. The van der Waals surface area contributed by atoms with E-state index in [1.807, 2.05) is 0 Å². The van der Waals surface area contributed by atoms with Gasteiger partial charge in [0.25, 0.3) is 0 Å².